The summed E-state index contributed by atoms with van der Waals surface area (Å²) in [7, 11) is 0. The van der Waals surface area contributed by atoms with Crippen LogP contribution in [0.1, 0.15) is 17.3 Å². The summed E-state index contributed by atoms with van der Waals surface area (Å²) in [5.74, 6) is -0.640. The molecule has 0 aliphatic rings. The van der Waals surface area contributed by atoms with Crippen molar-refractivity contribution in [1.29, 1.82) is 0 Å². The Kier molecular flexibility index (Phi) is 3.55. The van der Waals surface area contributed by atoms with Crippen LogP contribution in [0.4, 0.5) is 0 Å². The Labute approximate surface area is 90.6 Å². The van der Waals surface area contributed by atoms with E-state index in [1.165, 1.54) is 6.07 Å². The molecule has 4 nitrogen and oxygen atoms in total. The first-order chi connectivity index (χ1) is 6.56. The molecule has 0 saturated carbocycles. The monoisotopic (exact) mass is 235 g/mol. The standard InChI is InChI=1S/C8H7Cl2NO3/c1-2-14-8(12)5-4-11(13)7(10)3-6(5)9/h3-4H,2H2,1H3. The predicted octanol–water partition coefficient (Wildman–Crippen LogP) is 1.80. The number of esters is 1. The zero-order valence-electron chi connectivity index (χ0n) is 7.29. The Bertz CT molecular complexity index is 368. The number of hydrogen-bond acceptors (Lipinski definition) is 3. The molecule has 0 saturated heterocycles. The van der Waals surface area contributed by atoms with E-state index in [4.69, 9.17) is 23.2 Å². The molecule has 1 rings (SSSR count). The van der Waals surface area contributed by atoms with Crippen LogP contribution in [-0.2, 0) is 4.74 Å². The number of halogens is 2. The van der Waals surface area contributed by atoms with Crippen LogP contribution in [0, 0.1) is 5.21 Å². The normalized spacial score (nSPS) is 9.93. The van der Waals surface area contributed by atoms with Crippen LogP contribution in [0.3, 0.4) is 0 Å². The van der Waals surface area contributed by atoms with Crippen molar-refractivity contribution in [3.8, 4) is 0 Å². The molecule has 0 spiro atoms. The van der Waals surface area contributed by atoms with Gasteiger partial charge < -0.3 is 9.94 Å². The summed E-state index contributed by atoms with van der Waals surface area (Å²) < 4.78 is 5.03. The van der Waals surface area contributed by atoms with Crippen molar-refractivity contribution in [3.05, 3.63) is 33.2 Å². The quantitative estimate of drug-likeness (QED) is 0.340. The van der Waals surface area contributed by atoms with Crippen LogP contribution in [0.15, 0.2) is 12.3 Å². The Balaban J connectivity index is 3.09. The van der Waals surface area contributed by atoms with E-state index in [1.807, 2.05) is 0 Å². The van der Waals surface area contributed by atoms with Gasteiger partial charge in [-0.2, -0.15) is 4.73 Å². The van der Waals surface area contributed by atoms with Crippen LogP contribution in [0.25, 0.3) is 0 Å². The van der Waals surface area contributed by atoms with Crippen LogP contribution < -0.4 is 4.73 Å². The van der Waals surface area contributed by atoms with Gasteiger partial charge in [0.1, 0.15) is 5.56 Å². The van der Waals surface area contributed by atoms with Crippen LogP contribution in [0.5, 0.6) is 0 Å². The smallest absolute Gasteiger partial charge is 0.345 e. The molecule has 0 aliphatic carbocycles. The summed E-state index contributed by atoms with van der Waals surface area (Å²) >= 11 is 11.2. The Morgan fingerprint density at radius 2 is 2.29 bits per heavy atom. The molecule has 14 heavy (non-hydrogen) atoms. The zero-order chi connectivity index (χ0) is 10.7. The maximum Gasteiger partial charge on any atom is 0.345 e. The first kappa shape index (κ1) is 11.1. The predicted molar refractivity (Wildman–Crippen MR) is 51.4 cm³/mol. The molecule has 1 aromatic rings. The van der Waals surface area contributed by atoms with Gasteiger partial charge in [-0.15, -0.1) is 0 Å². The molecule has 1 heterocycles. The second kappa shape index (κ2) is 4.48. The number of nitrogens with zero attached hydrogens (tertiary/aromatic N) is 1. The third kappa shape index (κ3) is 2.27. The lowest BCUT2D eigenvalue weighted by Crippen LogP contribution is -2.29. The lowest BCUT2D eigenvalue weighted by molar-refractivity contribution is -0.603. The van der Waals surface area contributed by atoms with E-state index >= 15 is 0 Å². The lowest BCUT2D eigenvalue weighted by atomic mass is 10.3. The van der Waals surface area contributed by atoms with E-state index in [0.29, 0.717) is 4.73 Å². The minimum Gasteiger partial charge on any atom is -0.618 e. The topological polar surface area (TPSA) is 53.2 Å². The van der Waals surface area contributed by atoms with Gasteiger partial charge in [-0.1, -0.05) is 11.6 Å². The Morgan fingerprint density at radius 3 is 2.86 bits per heavy atom. The third-order valence-electron chi connectivity index (χ3n) is 1.46. The molecule has 1 aromatic heterocycles. The van der Waals surface area contributed by atoms with Crippen molar-refractivity contribution in [3.63, 3.8) is 0 Å². The van der Waals surface area contributed by atoms with Crippen molar-refractivity contribution in [2.24, 2.45) is 0 Å². The van der Waals surface area contributed by atoms with Crippen LogP contribution >= 0.6 is 23.2 Å². The third-order valence-corrected chi connectivity index (χ3v) is 2.04. The highest BCUT2D eigenvalue weighted by Crippen LogP contribution is 2.18. The molecular weight excluding hydrogens is 229 g/mol. The van der Waals surface area contributed by atoms with E-state index in [2.05, 4.69) is 4.74 Å². The summed E-state index contributed by atoms with van der Waals surface area (Å²) in [6.45, 7) is 1.88. The minimum atomic E-state index is -0.640. The second-order valence-electron chi connectivity index (χ2n) is 2.40. The van der Waals surface area contributed by atoms with E-state index in [1.54, 1.807) is 6.92 Å². The summed E-state index contributed by atoms with van der Waals surface area (Å²) in [6, 6.07) is 1.20. The molecule has 0 N–H and O–H groups in total. The average molecular weight is 236 g/mol. The SMILES string of the molecule is CCOC(=O)c1c[n+]([O-])c(Cl)cc1Cl. The van der Waals surface area contributed by atoms with Gasteiger partial charge in [0.25, 0.3) is 5.15 Å². The van der Waals surface area contributed by atoms with Gasteiger partial charge >= 0.3 is 5.97 Å². The number of carbonyl (C=O) groups excluding carboxylic acids is 1. The maximum absolute atomic E-state index is 11.2. The molecule has 0 aromatic carbocycles. The summed E-state index contributed by atoms with van der Waals surface area (Å²) in [4.78, 5) is 11.2. The fraction of sp³-hybridized carbons (Fsp3) is 0.250. The van der Waals surface area contributed by atoms with Crippen molar-refractivity contribution in [2.75, 3.05) is 6.61 Å². The highest BCUT2D eigenvalue weighted by Gasteiger charge is 2.17. The summed E-state index contributed by atoms with van der Waals surface area (Å²) in [5, 5.41) is 11.0. The molecule has 76 valence electrons. The Morgan fingerprint density at radius 1 is 1.64 bits per heavy atom. The molecule has 0 bridgehead atoms. The number of rotatable bonds is 2. The van der Waals surface area contributed by atoms with E-state index < -0.39 is 5.97 Å². The number of pyridine rings is 1. The Hall–Kier alpha value is -1.000. The zero-order valence-corrected chi connectivity index (χ0v) is 8.80. The number of ether oxygens (including phenoxy) is 1. The van der Waals surface area contributed by atoms with Gasteiger partial charge in [-0.05, 0) is 18.5 Å². The number of hydrogen-bond donors (Lipinski definition) is 0. The largest absolute Gasteiger partial charge is 0.618 e. The maximum atomic E-state index is 11.2. The molecule has 6 heteroatoms. The lowest BCUT2D eigenvalue weighted by Gasteiger charge is -2.04. The summed E-state index contributed by atoms with van der Waals surface area (Å²) in [5.41, 5.74) is 0.00733. The number of aromatic nitrogens is 1. The van der Waals surface area contributed by atoms with Gasteiger partial charge in [0, 0.05) is 6.07 Å². The van der Waals surface area contributed by atoms with Gasteiger partial charge in [-0.3, -0.25) is 0 Å². The van der Waals surface area contributed by atoms with E-state index in [-0.39, 0.29) is 22.3 Å². The minimum absolute atomic E-state index is 0.00733. The van der Waals surface area contributed by atoms with Crippen molar-refractivity contribution < 1.29 is 14.3 Å². The molecular formula is C8H7Cl2NO3. The molecule has 0 radical (unpaired) electrons. The summed E-state index contributed by atoms with van der Waals surface area (Å²) in [6.07, 6.45) is 0.989. The molecule has 0 unspecified atom stereocenters. The van der Waals surface area contributed by atoms with Crippen molar-refractivity contribution in [2.45, 2.75) is 6.92 Å². The van der Waals surface area contributed by atoms with E-state index in [0.717, 1.165) is 6.20 Å². The van der Waals surface area contributed by atoms with Crippen LogP contribution in [0.2, 0.25) is 10.2 Å². The molecule has 0 atom stereocenters. The first-order valence-corrected chi connectivity index (χ1v) is 4.57. The first-order valence-electron chi connectivity index (χ1n) is 3.81. The van der Waals surface area contributed by atoms with E-state index in [9.17, 15) is 10.0 Å². The number of carbonyl (C=O) groups is 1. The highest BCUT2D eigenvalue weighted by atomic mass is 35.5. The molecule has 0 fully saturated rings. The average Bonchev–Trinajstić information content (AvgIpc) is 2.11. The van der Waals surface area contributed by atoms with Crippen molar-refractivity contribution >= 4 is 29.2 Å². The molecule has 0 amide bonds. The van der Waals surface area contributed by atoms with Crippen molar-refractivity contribution in [1.82, 2.24) is 0 Å². The fourth-order valence-electron chi connectivity index (χ4n) is 0.846. The van der Waals surface area contributed by atoms with Gasteiger partial charge in [0.05, 0.1) is 11.6 Å². The highest BCUT2D eigenvalue weighted by molar-refractivity contribution is 6.35. The molecule has 0 aliphatic heterocycles. The fourth-order valence-corrected chi connectivity index (χ4v) is 1.29. The van der Waals surface area contributed by atoms with Crippen LogP contribution in [-0.4, -0.2) is 12.6 Å². The van der Waals surface area contributed by atoms with Gasteiger partial charge in [-0.25, -0.2) is 4.79 Å². The van der Waals surface area contributed by atoms with Gasteiger partial charge in [0.2, 0.25) is 0 Å². The van der Waals surface area contributed by atoms with Gasteiger partial charge in [0.15, 0.2) is 6.20 Å². The second-order valence-corrected chi connectivity index (χ2v) is 3.20.